The predicted molar refractivity (Wildman–Crippen MR) is 113 cm³/mol. The number of ether oxygens (including phenoxy) is 1. The van der Waals surface area contributed by atoms with E-state index in [0.29, 0.717) is 23.1 Å². The average molecular weight is 400 g/mol. The van der Waals surface area contributed by atoms with Crippen LogP contribution < -0.4 is 4.74 Å². The normalized spacial score (nSPS) is 22.3. The van der Waals surface area contributed by atoms with Crippen molar-refractivity contribution in [2.45, 2.75) is 38.8 Å². The van der Waals surface area contributed by atoms with Crippen LogP contribution >= 0.6 is 0 Å². The molecule has 5 rings (SSSR count). The van der Waals surface area contributed by atoms with Gasteiger partial charge in [-0.05, 0) is 61.9 Å². The molecule has 1 amide bonds. The number of nitrogens with zero attached hydrogens (tertiary/aromatic N) is 4. The van der Waals surface area contributed by atoms with E-state index in [-0.39, 0.29) is 18.1 Å². The van der Waals surface area contributed by atoms with Crippen LogP contribution in [0.4, 0.5) is 0 Å². The highest BCUT2D eigenvalue weighted by atomic mass is 16.5. The van der Waals surface area contributed by atoms with Gasteiger partial charge in [-0.1, -0.05) is 12.1 Å². The Kier molecular flexibility index (Phi) is 4.69. The van der Waals surface area contributed by atoms with Crippen LogP contribution in [0.5, 0.6) is 5.88 Å². The molecule has 3 atom stereocenters. The lowest BCUT2D eigenvalue weighted by atomic mass is 10.0. The maximum Gasteiger partial charge on any atom is 0.256 e. The zero-order valence-corrected chi connectivity index (χ0v) is 17.2. The monoisotopic (exact) mass is 400 g/mol. The molecule has 0 aromatic carbocycles. The molecule has 2 fully saturated rings. The van der Waals surface area contributed by atoms with Gasteiger partial charge >= 0.3 is 0 Å². The van der Waals surface area contributed by atoms with E-state index in [1.807, 2.05) is 61.3 Å². The SMILES string of the molecule is Cc1ccc(OC2CC3CC2N(C(=O)c2cccnc2-c2ncccc2C)C3)nc1. The van der Waals surface area contributed by atoms with Gasteiger partial charge < -0.3 is 9.64 Å². The summed E-state index contributed by atoms with van der Waals surface area (Å²) in [7, 11) is 0. The third-order valence-electron chi connectivity index (χ3n) is 6.11. The van der Waals surface area contributed by atoms with Crippen LogP contribution in [0.3, 0.4) is 0 Å². The molecule has 3 aromatic rings. The fourth-order valence-electron chi connectivity index (χ4n) is 4.66. The quantitative estimate of drug-likeness (QED) is 0.666. The van der Waals surface area contributed by atoms with E-state index in [1.165, 1.54) is 0 Å². The van der Waals surface area contributed by atoms with Crippen molar-refractivity contribution in [2.24, 2.45) is 5.92 Å². The van der Waals surface area contributed by atoms with Crippen molar-refractivity contribution in [1.82, 2.24) is 19.9 Å². The van der Waals surface area contributed by atoms with Gasteiger partial charge in [0.1, 0.15) is 11.8 Å². The van der Waals surface area contributed by atoms with E-state index >= 15 is 0 Å². The van der Waals surface area contributed by atoms with E-state index in [9.17, 15) is 4.79 Å². The molecule has 6 nitrogen and oxygen atoms in total. The average Bonchev–Trinajstić information content (AvgIpc) is 3.36. The fourth-order valence-corrected chi connectivity index (χ4v) is 4.66. The molecule has 0 radical (unpaired) electrons. The van der Waals surface area contributed by atoms with Crippen molar-refractivity contribution in [3.63, 3.8) is 0 Å². The molecule has 4 heterocycles. The Morgan fingerprint density at radius 3 is 2.53 bits per heavy atom. The third-order valence-corrected chi connectivity index (χ3v) is 6.11. The van der Waals surface area contributed by atoms with Gasteiger partial charge in [0.15, 0.2) is 0 Å². The van der Waals surface area contributed by atoms with E-state index in [0.717, 1.165) is 36.2 Å². The van der Waals surface area contributed by atoms with Crippen LogP contribution in [0.1, 0.15) is 34.3 Å². The van der Waals surface area contributed by atoms with Gasteiger partial charge in [-0.3, -0.25) is 14.8 Å². The van der Waals surface area contributed by atoms with Crippen LogP contribution in [-0.4, -0.2) is 44.4 Å². The minimum Gasteiger partial charge on any atom is -0.472 e. The third kappa shape index (κ3) is 3.32. The Morgan fingerprint density at radius 2 is 1.80 bits per heavy atom. The summed E-state index contributed by atoms with van der Waals surface area (Å²) in [5.74, 6) is 1.09. The summed E-state index contributed by atoms with van der Waals surface area (Å²) in [6, 6.07) is 11.5. The fraction of sp³-hybridized carbons (Fsp3) is 0.333. The predicted octanol–water partition coefficient (Wildman–Crippen LogP) is 3.84. The van der Waals surface area contributed by atoms with Crippen molar-refractivity contribution in [2.75, 3.05) is 6.54 Å². The van der Waals surface area contributed by atoms with Gasteiger partial charge in [0.05, 0.1) is 17.3 Å². The molecule has 2 aliphatic rings. The summed E-state index contributed by atoms with van der Waals surface area (Å²) < 4.78 is 6.18. The highest BCUT2D eigenvalue weighted by Crippen LogP contribution is 2.40. The van der Waals surface area contributed by atoms with Gasteiger partial charge in [0.25, 0.3) is 5.91 Å². The van der Waals surface area contributed by atoms with Gasteiger partial charge in [-0.25, -0.2) is 4.98 Å². The number of carbonyl (C=O) groups excluding carboxylic acids is 1. The summed E-state index contributed by atoms with van der Waals surface area (Å²) in [5, 5.41) is 0. The maximum absolute atomic E-state index is 13.6. The lowest BCUT2D eigenvalue weighted by Gasteiger charge is -2.33. The Hall–Kier alpha value is -3.28. The van der Waals surface area contributed by atoms with Gasteiger partial charge in [-0.15, -0.1) is 0 Å². The number of pyridine rings is 3. The zero-order valence-electron chi connectivity index (χ0n) is 17.2. The molecule has 30 heavy (non-hydrogen) atoms. The van der Waals surface area contributed by atoms with Crippen molar-refractivity contribution in [3.8, 4) is 17.3 Å². The number of rotatable bonds is 4. The van der Waals surface area contributed by atoms with Crippen molar-refractivity contribution in [1.29, 1.82) is 0 Å². The number of fused-ring (bicyclic) bond motifs is 2. The molecular weight excluding hydrogens is 376 g/mol. The molecule has 1 aliphatic heterocycles. The highest BCUT2D eigenvalue weighted by molar-refractivity contribution is 6.00. The van der Waals surface area contributed by atoms with Crippen molar-refractivity contribution < 1.29 is 9.53 Å². The number of piperidine rings is 1. The second-order valence-electron chi connectivity index (χ2n) is 8.26. The van der Waals surface area contributed by atoms with Crippen molar-refractivity contribution >= 4 is 5.91 Å². The van der Waals surface area contributed by atoms with Crippen molar-refractivity contribution in [3.05, 3.63) is 71.7 Å². The lowest BCUT2D eigenvalue weighted by Crippen LogP contribution is -2.47. The number of aryl methyl sites for hydroxylation is 2. The number of aromatic nitrogens is 3. The standard InChI is InChI=1S/C24H24N4O2/c1-15-7-8-21(27-13-15)30-20-12-17-11-19(20)28(14-17)24(29)18-6-4-10-26-23(18)22-16(2)5-3-9-25-22/h3-10,13,17,19-20H,11-12,14H2,1-2H3. The topological polar surface area (TPSA) is 68.2 Å². The van der Waals surface area contributed by atoms with Gasteiger partial charge in [0.2, 0.25) is 5.88 Å². The molecule has 3 unspecified atom stereocenters. The minimum absolute atomic E-state index is 0.000758. The first-order valence-electron chi connectivity index (χ1n) is 10.4. The van der Waals surface area contributed by atoms with E-state index in [2.05, 4.69) is 15.0 Å². The number of carbonyl (C=O) groups is 1. The molecule has 2 bridgehead atoms. The molecular formula is C24H24N4O2. The smallest absolute Gasteiger partial charge is 0.256 e. The second-order valence-corrected chi connectivity index (χ2v) is 8.26. The Labute approximate surface area is 176 Å². The van der Waals surface area contributed by atoms with Crippen LogP contribution in [0.15, 0.2) is 55.0 Å². The Balaban J connectivity index is 1.41. The van der Waals surface area contributed by atoms with Gasteiger partial charge in [-0.2, -0.15) is 0 Å². The van der Waals surface area contributed by atoms with Crippen LogP contribution in [0.25, 0.3) is 11.4 Å². The maximum atomic E-state index is 13.6. The van der Waals surface area contributed by atoms with Crippen LogP contribution in [0.2, 0.25) is 0 Å². The first-order valence-corrected chi connectivity index (χ1v) is 10.4. The molecule has 0 spiro atoms. The summed E-state index contributed by atoms with van der Waals surface area (Å²) in [6.07, 6.45) is 7.17. The number of hydrogen-bond acceptors (Lipinski definition) is 5. The summed E-state index contributed by atoms with van der Waals surface area (Å²) in [4.78, 5) is 28.9. The number of amides is 1. The molecule has 152 valence electrons. The van der Waals surface area contributed by atoms with E-state index < -0.39 is 0 Å². The summed E-state index contributed by atoms with van der Waals surface area (Å²) >= 11 is 0. The zero-order chi connectivity index (χ0) is 20.7. The Bertz CT molecular complexity index is 1080. The van der Waals surface area contributed by atoms with E-state index in [1.54, 1.807) is 12.4 Å². The van der Waals surface area contributed by atoms with Gasteiger partial charge in [0, 0.05) is 31.2 Å². The largest absolute Gasteiger partial charge is 0.472 e. The molecule has 1 aliphatic carbocycles. The lowest BCUT2D eigenvalue weighted by molar-refractivity contribution is 0.0467. The van der Waals surface area contributed by atoms with Crippen LogP contribution in [-0.2, 0) is 0 Å². The molecule has 0 N–H and O–H groups in total. The minimum atomic E-state index is -0.0281. The molecule has 1 saturated carbocycles. The first kappa shape index (κ1) is 18.7. The van der Waals surface area contributed by atoms with Crippen LogP contribution in [0, 0.1) is 19.8 Å². The first-order chi connectivity index (χ1) is 14.6. The van der Waals surface area contributed by atoms with E-state index in [4.69, 9.17) is 4.74 Å². The second kappa shape index (κ2) is 7.52. The Morgan fingerprint density at radius 1 is 1.00 bits per heavy atom. The summed E-state index contributed by atoms with van der Waals surface area (Å²) in [5.41, 5.74) is 4.09. The molecule has 1 saturated heterocycles. The molecule has 6 heteroatoms. The number of hydrogen-bond donors (Lipinski definition) is 0. The highest BCUT2D eigenvalue weighted by Gasteiger charge is 2.48. The summed E-state index contributed by atoms with van der Waals surface area (Å²) in [6.45, 7) is 4.76. The molecule has 3 aromatic heterocycles. The number of likely N-dealkylation sites (tertiary alicyclic amines) is 1.